The lowest BCUT2D eigenvalue weighted by molar-refractivity contribution is -0.124. The number of hydrogen-bond acceptors (Lipinski definition) is 4. The molecule has 0 radical (unpaired) electrons. The molecule has 0 aromatic heterocycles. The molecule has 0 aliphatic heterocycles. The summed E-state index contributed by atoms with van der Waals surface area (Å²) in [6, 6.07) is 6.23. The van der Waals surface area contributed by atoms with Crippen molar-refractivity contribution in [2.75, 3.05) is 27.3 Å². The van der Waals surface area contributed by atoms with Gasteiger partial charge in [0, 0.05) is 12.6 Å². The lowest BCUT2D eigenvalue weighted by atomic mass is 9.69. The number of nitrogens with zero attached hydrogens (tertiary/aromatic N) is 1. The summed E-state index contributed by atoms with van der Waals surface area (Å²) < 4.78 is 10.7. The maximum absolute atomic E-state index is 12.8. The molecule has 2 aliphatic rings. The van der Waals surface area contributed by atoms with Crippen molar-refractivity contribution in [3.05, 3.63) is 23.8 Å². The van der Waals surface area contributed by atoms with E-state index < -0.39 is 0 Å². The number of methoxy groups -OCH3 is 2. The first-order valence-corrected chi connectivity index (χ1v) is 10.5. The minimum absolute atomic E-state index is 0.136. The average molecular weight is 389 g/mol. The van der Waals surface area contributed by atoms with Gasteiger partial charge in [0.1, 0.15) is 0 Å². The molecule has 156 valence electrons. The van der Waals surface area contributed by atoms with Crippen LogP contribution in [-0.2, 0) is 11.3 Å². The van der Waals surface area contributed by atoms with Gasteiger partial charge < -0.3 is 14.8 Å². The van der Waals surface area contributed by atoms with Gasteiger partial charge in [-0.05, 0) is 60.3 Å². The summed E-state index contributed by atoms with van der Waals surface area (Å²) in [6.07, 6.45) is 3.64. The topological polar surface area (TPSA) is 50.8 Å². The zero-order chi connectivity index (χ0) is 20.5. The van der Waals surface area contributed by atoms with Gasteiger partial charge in [-0.3, -0.25) is 9.69 Å². The third kappa shape index (κ3) is 3.61. The van der Waals surface area contributed by atoms with Gasteiger partial charge in [-0.2, -0.15) is 0 Å². The van der Waals surface area contributed by atoms with Crippen molar-refractivity contribution in [2.24, 2.45) is 16.7 Å². The fraction of sp³-hybridized carbons (Fsp3) is 0.696. The van der Waals surface area contributed by atoms with Crippen LogP contribution in [0.4, 0.5) is 0 Å². The van der Waals surface area contributed by atoms with Crippen LogP contribution in [0.5, 0.6) is 11.5 Å². The molecular weight excluding hydrogens is 352 g/mol. The van der Waals surface area contributed by atoms with Crippen molar-refractivity contribution in [1.82, 2.24) is 10.2 Å². The predicted molar refractivity (Wildman–Crippen MR) is 112 cm³/mol. The van der Waals surface area contributed by atoms with Crippen LogP contribution in [0.3, 0.4) is 0 Å². The van der Waals surface area contributed by atoms with Crippen LogP contribution in [0, 0.1) is 16.7 Å². The van der Waals surface area contributed by atoms with Crippen LogP contribution in [0.1, 0.15) is 52.5 Å². The van der Waals surface area contributed by atoms with E-state index in [1.165, 1.54) is 12.8 Å². The SMILES string of the molecule is CCN(CC(=O)NC1CC2CCC1(C)C2(C)C)Cc1ccc(OC)c(OC)c1. The smallest absolute Gasteiger partial charge is 0.234 e. The van der Waals surface area contributed by atoms with Gasteiger partial charge in [0.15, 0.2) is 11.5 Å². The average Bonchev–Trinajstić information content (AvgIpc) is 3.00. The van der Waals surface area contributed by atoms with E-state index in [1.807, 2.05) is 18.2 Å². The number of nitrogens with one attached hydrogen (secondary N) is 1. The first-order chi connectivity index (χ1) is 13.2. The van der Waals surface area contributed by atoms with Crippen LogP contribution >= 0.6 is 0 Å². The van der Waals surface area contributed by atoms with Gasteiger partial charge in [-0.1, -0.05) is 33.8 Å². The van der Waals surface area contributed by atoms with E-state index >= 15 is 0 Å². The van der Waals surface area contributed by atoms with E-state index in [0.717, 1.165) is 35.9 Å². The highest BCUT2D eigenvalue weighted by Crippen LogP contribution is 2.65. The third-order valence-corrected chi connectivity index (χ3v) is 7.80. The lowest BCUT2D eigenvalue weighted by Crippen LogP contribution is -2.49. The molecule has 3 atom stereocenters. The second-order valence-corrected chi connectivity index (χ2v) is 9.22. The van der Waals surface area contributed by atoms with Gasteiger partial charge in [-0.15, -0.1) is 0 Å². The Morgan fingerprint density at radius 3 is 2.46 bits per heavy atom. The Morgan fingerprint density at radius 1 is 1.21 bits per heavy atom. The third-order valence-electron chi connectivity index (χ3n) is 7.80. The molecule has 2 saturated carbocycles. The van der Waals surface area contributed by atoms with Crippen LogP contribution in [0.25, 0.3) is 0 Å². The lowest BCUT2D eigenvalue weighted by Gasteiger charge is -2.39. The first-order valence-electron chi connectivity index (χ1n) is 10.5. The fourth-order valence-electron chi connectivity index (χ4n) is 5.38. The van der Waals surface area contributed by atoms with Crippen LogP contribution < -0.4 is 14.8 Å². The summed E-state index contributed by atoms with van der Waals surface area (Å²) in [5, 5.41) is 3.37. The van der Waals surface area contributed by atoms with Gasteiger partial charge in [0.2, 0.25) is 5.91 Å². The molecule has 2 aliphatic carbocycles. The number of fused-ring (bicyclic) bond motifs is 2. The Kier molecular flexibility index (Phi) is 5.95. The number of benzene rings is 1. The van der Waals surface area contributed by atoms with E-state index in [4.69, 9.17) is 9.47 Å². The second-order valence-electron chi connectivity index (χ2n) is 9.22. The largest absolute Gasteiger partial charge is 0.493 e. The highest BCUT2D eigenvalue weighted by molar-refractivity contribution is 5.78. The van der Waals surface area contributed by atoms with Crippen molar-refractivity contribution in [2.45, 2.75) is 59.5 Å². The van der Waals surface area contributed by atoms with Crippen LogP contribution in [0.2, 0.25) is 0 Å². The first kappa shape index (κ1) is 21.0. The second kappa shape index (κ2) is 7.94. The Hall–Kier alpha value is -1.75. The van der Waals surface area contributed by atoms with Gasteiger partial charge in [0.05, 0.1) is 20.8 Å². The number of hydrogen-bond donors (Lipinski definition) is 1. The highest BCUT2D eigenvalue weighted by atomic mass is 16.5. The van der Waals surface area contributed by atoms with Gasteiger partial charge >= 0.3 is 0 Å². The van der Waals surface area contributed by atoms with E-state index in [0.29, 0.717) is 24.5 Å². The summed E-state index contributed by atoms with van der Waals surface area (Å²) >= 11 is 0. The molecule has 0 spiro atoms. The number of rotatable bonds is 8. The molecular formula is C23H36N2O3. The summed E-state index contributed by atoms with van der Waals surface area (Å²) in [4.78, 5) is 15.0. The standard InChI is InChI=1S/C23H36N2O3/c1-7-25(14-16-8-9-18(27-5)19(12-16)28-6)15-21(26)24-20-13-17-10-11-23(20,4)22(17,2)3/h8-9,12,17,20H,7,10-11,13-15H2,1-6H3,(H,24,26). The number of carbonyl (C=O) groups is 1. The van der Waals surface area contributed by atoms with Gasteiger partial charge in [-0.25, -0.2) is 0 Å². The molecule has 1 aromatic rings. The van der Waals surface area contributed by atoms with Crippen molar-refractivity contribution in [3.63, 3.8) is 0 Å². The molecule has 1 N–H and O–H groups in total. The molecule has 3 rings (SSSR count). The summed E-state index contributed by atoms with van der Waals surface area (Å²) in [7, 11) is 3.28. The normalized spacial score (nSPS) is 27.8. The number of amides is 1. The highest BCUT2D eigenvalue weighted by Gasteiger charge is 2.61. The van der Waals surface area contributed by atoms with E-state index in [2.05, 4.69) is 37.9 Å². The quantitative estimate of drug-likeness (QED) is 0.735. The predicted octanol–water partition coefficient (Wildman–Crippen LogP) is 3.86. The van der Waals surface area contributed by atoms with Crippen molar-refractivity contribution >= 4 is 5.91 Å². The van der Waals surface area contributed by atoms with Crippen LogP contribution in [-0.4, -0.2) is 44.2 Å². The fourth-order valence-corrected chi connectivity index (χ4v) is 5.38. The van der Waals surface area contributed by atoms with E-state index in [-0.39, 0.29) is 11.3 Å². The minimum Gasteiger partial charge on any atom is -0.493 e. The molecule has 3 unspecified atom stereocenters. The Bertz CT molecular complexity index is 718. The molecule has 0 saturated heterocycles. The maximum atomic E-state index is 12.8. The summed E-state index contributed by atoms with van der Waals surface area (Å²) in [5.74, 6) is 2.31. The summed E-state index contributed by atoms with van der Waals surface area (Å²) in [6.45, 7) is 11.2. The number of likely N-dealkylation sites (N-methyl/N-ethyl adjacent to an activating group) is 1. The molecule has 28 heavy (non-hydrogen) atoms. The number of ether oxygens (including phenoxy) is 2. The van der Waals surface area contributed by atoms with Crippen LogP contribution in [0.15, 0.2) is 18.2 Å². The monoisotopic (exact) mass is 388 g/mol. The molecule has 5 nitrogen and oxygen atoms in total. The zero-order valence-electron chi connectivity index (χ0n) is 18.3. The molecule has 0 heterocycles. The molecule has 5 heteroatoms. The van der Waals surface area contributed by atoms with E-state index in [1.54, 1.807) is 14.2 Å². The summed E-state index contributed by atoms with van der Waals surface area (Å²) in [5.41, 5.74) is 1.64. The molecule has 2 bridgehead atoms. The molecule has 1 aromatic carbocycles. The Balaban J connectivity index is 1.60. The van der Waals surface area contributed by atoms with Gasteiger partial charge in [0.25, 0.3) is 0 Å². The Morgan fingerprint density at radius 2 is 1.93 bits per heavy atom. The van der Waals surface area contributed by atoms with Crippen molar-refractivity contribution < 1.29 is 14.3 Å². The maximum Gasteiger partial charge on any atom is 0.234 e. The Labute approximate surface area is 169 Å². The van der Waals surface area contributed by atoms with E-state index in [9.17, 15) is 4.79 Å². The molecule has 2 fully saturated rings. The minimum atomic E-state index is 0.136. The zero-order valence-corrected chi connectivity index (χ0v) is 18.3. The van der Waals surface area contributed by atoms with Crippen molar-refractivity contribution in [1.29, 1.82) is 0 Å². The molecule has 1 amide bonds. The number of carbonyl (C=O) groups excluding carboxylic acids is 1. The van der Waals surface area contributed by atoms with Crippen molar-refractivity contribution in [3.8, 4) is 11.5 Å².